The molecule has 0 rings (SSSR count). The van der Waals surface area contributed by atoms with Crippen molar-refractivity contribution in [2.45, 2.75) is 38.4 Å². The van der Waals surface area contributed by atoms with Crippen molar-refractivity contribution in [3.05, 3.63) is 0 Å². The second-order valence-corrected chi connectivity index (χ2v) is 6.42. The van der Waals surface area contributed by atoms with E-state index in [2.05, 4.69) is 15.9 Å². The molecule has 0 radical (unpaired) electrons. The van der Waals surface area contributed by atoms with E-state index in [-0.39, 0.29) is 10.3 Å². The Balaban J connectivity index is 4.32. The highest BCUT2D eigenvalue weighted by molar-refractivity contribution is 9.10. The standard InChI is InChI=1S/C9H17BrO2/c1-8(2,7(11)12-5)6-9(3,4)10/h6H2,1-5H3. The van der Waals surface area contributed by atoms with E-state index in [0.29, 0.717) is 0 Å². The average Bonchev–Trinajstić information content (AvgIpc) is 1.80. The maximum Gasteiger partial charge on any atom is 0.311 e. The smallest absolute Gasteiger partial charge is 0.311 e. The van der Waals surface area contributed by atoms with Crippen LogP contribution in [-0.4, -0.2) is 17.4 Å². The zero-order valence-corrected chi connectivity index (χ0v) is 9.99. The summed E-state index contributed by atoms with van der Waals surface area (Å²) >= 11 is 3.50. The van der Waals surface area contributed by atoms with Crippen LogP contribution in [0.2, 0.25) is 0 Å². The minimum absolute atomic E-state index is 0.0231. The first-order chi connectivity index (χ1) is 5.19. The lowest BCUT2D eigenvalue weighted by atomic mass is 9.84. The molecule has 0 fully saturated rings. The van der Waals surface area contributed by atoms with Crippen molar-refractivity contribution in [1.82, 2.24) is 0 Å². The van der Waals surface area contributed by atoms with Crippen LogP contribution in [0.25, 0.3) is 0 Å². The number of methoxy groups -OCH3 is 1. The Bertz CT molecular complexity index is 168. The van der Waals surface area contributed by atoms with E-state index in [0.717, 1.165) is 6.42 Å². The SMILES string of the molecule is COC(=O)C(C)(C)CC(C)(C)Br. The van der Waals surface area contributed by atoms with Gasteiger partial charge in [0.2, 0.25) is 0 Å². The number of hydrogen-bond acceptors (Lipinski definition) is 2. The molecule has 0 aliphatic rings. The molecule has 0 heterocycles. The molecule has 0 amide bonds. The van der Waals surface area contributed by atoms with Gasteiger partial charge in [-0.15, -0.1) is 0 Å². The van der Waals surface area contributed by atoms with Crippen LogP contribution in [0.4, 0.5) is 0 Å². The van der Waals surface area contributed by atoms with Crippen molar-refractivity contribution >= 4 is 21.9 Å². The van der Waals surface area contributed by atoms with Gasteiger partial charge in [0.1, 0.15) is 0 Å². The molecule has 72 valence electrons. The Labute approximate surface area is 82.8 Å². The highest BCUT2D eigenvalue weighted by atomic mass is 79.9. The summed E-state index contributed by atoms with van der Waals surface area (Å²) in [6, 6.07) is 0. The van der Waals surface area contributed by atoms with Crippen LogP contribution in [0.1, 0.15) is 34.1 Å². The summed E-state index contributed by atoms with van der Waals surface area (Å²) in [5, 5.41) is 0. The topological polar surface area (TPSA) is 26.3 Å². The fourth-order valence-corrected chi connectivity index (χ4v) is 2.10. The third-order valence-corrected chi connectivity index (χ3v) is 1.88. The van der Waals surface area contributed by atoms with Gasteiger partial charge in [0.15, 0.2) is 0 Å². The normalized spacial score (nSPS) is 12.8. The second-order valence-electron chi connectivity index (χ2n) is 4.27. The largest absolute Gasteiger partial charge is 0.469 e. The molecule has 0 aromatic rings. The number of rotatable bonds is 3. The van der Waals surface area contributed by atoms with Crippen molar-refractivity contribution in [2.24, 2.45) is 5.41 Å². The molecule has 0 spiro atoms. The van der Waals surface area contributed by atoms with E-state index in [4.69, 9.17) is 4.74 Å². The monoisotopic (exact) mass is 236 g/mol. The van der Waals surface area contributed by atoms with Gasteiger partial charge in [-0.05, 0) is 20.3 Å². The summed E-state index contributed by atoms with van der Waals surface area (Å²) in [6.07, 6.45) is 0.757. The van der Waals surface area contributed by atoms with E-state index in [1.54, 1.807) is 0 Å². The zero-order chi connectivity index (χ0) is 9.99. The van der Waals surface area contributed by atoms with Gasteiger partial charge in [0.25, 0.3) is 0 Å². The van der Waals surface area contributed by atoms with Gasteiger partial charge in [-0.2, -0.15) is 0 Å². The predicted octanol–water partition coefficient (Wildman–Crippen LogP) is 2.75. The summed E-state index contributed by atoms with van der Waals surface area (Å²) in [4.78, 5) is 11.3. The van der Waals surface area contributed by atoms with Gasteiger partial charge in [-0.25, -0.2) is 0 Å². The van der Waals surface area contributed by atoms with Crippen LogP contribution < -0.4 is 0 Å². The first-order valence-corrected chi connectivity index (χ1v) is 4.76. The highest BCUT2D eigenvalue weighted by Gasteiger charge is 2.34. The Morgan fingerprint density at radius 2 is 1.75 bits per heavy atom. The van der Waals surface area contributed by atoms with Gasteiger partial charge in [-0.3, -0.25) is 4.79 Å². The average molecular weight is 237 g/mol. The molecule has 0 aliphatic heterocycles. The minimum Gasteiger partial charge on any atom is -0.469 e. The molecule has 0 atom stereocenters. The summed E-state index contributed by atoms with van der Waals surface area (Å²) in [6.45, 7) is 7.86. The molecule has 0 saturated carbocycles. The Kier molecular flexibility index (Phi) is 3.76. The summed E-state index contributed by atoms with van der Waals surface area (Å²) < 4.78 is 4.68. The van der Waals surface area contributed by atoms with Gasteiger partial charge in [0.05, 0.1) is 12.5 Å². The van der Waals surface area contributed by atoms with E-state index in [9.17, 15) is 4.79 Å². The summed E-state index contributed by atoms with van der Waals surface area (Å²) in [5.41, 5.74) is -0.415. The first kappa shape index (κ1) is 11.9. The molecule has 0 aromatic carbocycles. The number of carbonyl (C=O) groups is 1. The predicted molar refractivity (Wildman–Crippen MR) is 53.4 cm³/mol. The van der Waals surface area contributed by atoms with E-state index in [1.807, 2.05) is 27.7 Å². The Hall–Kier alpha value is -0.0500. The molecular weight excluding hydrogens is 220 g/mol. The number of ether oxygens (including phenoxy) is 1. The Morgan fingerprint density at radius 1 is 1.33 bits per heavy atom. The maximum atomic E-state index is 11.3. The molecule has 0 unspecified atom stereocenters. The number of hydrogen-bond donors (Lipinski definition) is 0. The fourth-order valence-electron chi connectivity index (χ4n) is 1.40. The Morgan fingerprint density at radius 3 is 2.00 bits per heavy atom. The molecule has 0 aliphatic carbocycles. The lowest BCUT2D eigenvalue weighted by Gasteiger charge is -2.28. The van der Waals surface area contributed by atoms with Crippen molar-refractivity contribution in [2.75, 3.05) is 7.11 Å². The third kappa shape index (κ3) is 4.10. The number of halogens is 1. The van der Waals surface area contributed by atoms with Crippen LogP contribution in [0.15, 0.2) is 0 Å². The molecule has 0 aromatic heterocycles. The van der Waals surface area contributed by atoms with Crippen LogP contribution in [0.3, 0.4) is 0 Å². The summed E-state index contributed by atoms with van der Waals surface area (Å²) in [7, 11) is 1.42. The third-order valence-electron chi connectivity index (χ3n) is 1.60. The lowest BCUT2D eigenvalue weighted by molar-refractivity contribution is -0.151. The lowest BCUT2D eigenvalue weighted by Crippen LogP contribution is -2.31. The van der Waals surface area contributed by atoms with E-state index >= 15 is 0 Å². The minimum atomic E-state index is -0.415. The fraction of sp³-hybridized carbons (Fsp3) is 0.889. The molecule has 3 heteroatoms. The van der Waals surface area contributed by atoms with E-state index < -0.39 is 5.41 Å². The molecule has 0 bridgehead atoms. The molecule has 12 heavy (non-hydrogen) atoms. The van der Waals surface area contributed by atoms with Crippen LogP contribution in [0, 0.1) is 5.41 Å². The second kappa shape index (κ2) is 3.77. The molecule has 2 nitrogen and oxygen atoms in total. The van der Waals surface area contributed by atoms with Crippen LogP contribution >= 0.6 is 15.9 Å². The number of esters is 1. The molecule has 0 saturated heterocycles. The van der Waals surface area contributed by atoms with Gasteiger partial charge < -0.3 is 4.74 Å². The first-order valence-electron chi connectivity index (χ1n) is 3.96. The van der Waals surface area contributed by atoms with Crippen molar-refractivity contribution in [1.29, 1.82) is 0 Å². The van der Waals surface area contributed by atoms with Gasteiger partial charge >= 0.3 is 5.97 Å². The van der Waals surface area contributed by atoms with Crippen molar-refractivity contribution in [3.63, 3.8) is 0 Å². The van der Waals surface area contributed by atoms with Gasteiger partial charge in [-0.1, -0.05) is 29.8 Å². The quantitative estimate of drug-likeness (QED) is 0.557. The highest BCUT2D eigenvalue weighted by Crippen LogP contribution is 2.33. The number of alkyl halides is 1. The summed E-state index contributed by atoms with van der Waals surface area (Å²) in [5.74, 6) is -0.157. The van der Waals surface area contributed by atoms with E-state index in [1.165, 1.54) is 7.11 Å². The van der Waals surface area contributed by atoms with Gasteiger partial charge in [0, 0.05) is 4.32 Å². The van der Waals surface area contributed by atoms with Crippen LogP contribution in [0.5, 0.6) is 0 Å². The van der Waals surface area contributed by atoms with Crippen LogP contribution in [-0.2, 0) is 9.53 Å². The number of carbonyl (C=O) groups excluding carboxylic acids is 1. The van der Waals surface area contributed by atoms with Crippen molar-refractivity contribution < 1.29 is 9.53 Å². The zero-order valence-electron chi connectivity index (χ0n) is 8.40. The van der Waals surface area contributed by atoms with Crippen molar-refractivity contribution in [3.8, 4) is 0 Å². The molecule has 0 N–H and O–H groups in total. The maximum absolute atomic E-state index is 11.3. The molecular formula is C9H17BrO2.